The first-order chi connectivity index (χ1) is 14.9. The molecule has 0 bridgehead atoms. The Morgan fingerprint density at radius 3 is 2.58 bits per heavy atom. The average Bonchev–Trinajstić information content (AvgIpc) is 3.28. The van der Waals surface area contributed by atoms with Crippen molar-refractivity contribution in [1.82, 2.24) is 18.9 Å². The van der Waals surface area contributed by atoms with E-state index in [2.05, 4.69) is 15.4 Å². The van der Waals surface area contributed by atoms with Crippen LogP contribution in [-0.2, 0) is 19.6 Å². The molecular weight excluding hydrogens is 422 g/mol. The Morgan fingerprint density at radius 1 is 1.10 bits per heavy atom. The normalized spacial score (nSPS) is 15.6. The number of aromatic nitrogens is 3. The summed E-state index contributed by atoms with van der Waals surface area (Å²) in [4.78, 5) is 28.8. The summed E-state index contributed by atoms with van der Waals surface area (Å²) in [5, 5.41) is 6.99. The number of nitrogens with one attached hydrogen (secondary N) is 1. The number of benzene rings is 1. The highest BCUT2D eigenvalue weighted by molar-refractivity contribution is 7.89. The molecule has 1 aliphatic rings. The number of hydrogen-bond donors (Lipinski definition) is 1. The van der Waals surface area contributed by atoms with Crippen LogP contribution in [-0.4, -0.2) is 59.4 Å². The predicted molar refractivity (Wildman–Crippen MR) is 111 cm³/mol. The maximum Gasteiger partial charge on any atom is 0.339 e. The Labute approximate surface area is 178 Å². The number of carbonyl (C=O) groups excluding carboxylic acids is 2. The first kappa shape index (κ1) is 20.9. The van der Waals surface area contributed by atoms with E-state index in [-0.39, 0.29) is 35.4 Å². The van der Waals surface area contributed by atoms with Crippen molar-refractivity contribution in [2.45, 2.75) is 17.7 Å². The van der Waals surface area contributed by atoms with E-state index in [0.29, 0.717) is 24.3 Å². The molecule has 0 spiro atoms. The van der Waals surface area contributed by atoms with Gasteiger partial charge in [0, 0.05) is 31.3 Å². The van der Waals surface area contributed by atoms with Gasteiger partial charge in [-0.05, 0) is 31.0 Å². The van der Waals surface area contributed by atoms with Gasteiger partial charge in [0.25, 0.3) is 0 Å². The molecule has 0 aliphatic carbocycles. The number of piperidine rings is 1. The summed E-state index contributed by atoms with van der Waals surface area (Å²) in [6, 6.07) is 9.33. The number of ether oxygens (including phenoxy) is 1. The van der Waals surface area contributed by atoms with Crippen molar-refractivity contribution in [3.63, 3.8) is 0 Å². The SMILES string of the molecule is COC(=O)c1ccccc1S(=O)(=O)N1CCC(C(=O)Nc2ccnc3ccnn23)CC1. The summed E-state index contributed by atoms with van der Waals surface area (Å²) < 4.78 is 33.8. The van der Waals surface area contributed by atoms with E-state index in [1.165, 1.54) is 28.1 Å². The monoisotopic (exact) mass is 443 g/mol. The van der Waals surface area contributed by atoms with Crippen LogP contribution in [0.5, 0.6) is 0 Å². The van der Waals surface area contributed by atoms with Crippen LogP contribution in [0.2, 0.25) is 0 Å². The average molecular weight is 443 g/mol. The first-order valence-electron chi connectivity index (χ1n) is 9.69. The number of sulfonamides is 1. The first-order valence-corrected chi connectivity index (χ1v) is 11.1. The van der Waals surface area contributed by atoms with Gasteiger partial charge in [-0.1, -0.05) is 12.1 Å². The lowest BCUT2D eigenvalue weighted by molar-refractivity contribution is -0.120. The molecule has 1 aliphatic heterocycles. The van der Waals surface area contributed by atoms with Gasteiger partial charge in [-0.3, -0.25) is 4.79 Å². The number of anilines is 1. The second kappa shape index (κ2) is 8.44. The molecule has 31 heavy (non-hydrogen) atoms. The summed E-state index contributed by atoms with van der Waals surface area (Å²) in [6.07, 6.45) is 3.89. The second-order valence-corrected chi connectivity index (χ2v) is 8.99. The van der Waals surface area contributed by atoms with Crippen LogP contribution in [0.1, 0.15) is 23.2 Å². The fourth-order valence-corrected chi connectivity index (χ4v) is 5.27. The molecule has 0 saturated carbocycles. The number of fused-ring (bicyclic) bond motifs is 1. The molecule has 0 atom stereocenters. The lowest BCUT2D eigenvalue weighted by atomic mass is 9.97. The summed E-state index contributed by atoms with van der Waals surface area (Å²) in [6.45, 7) is 0.340. The Kier molecular flexibility index (Phi) is 5.70. The molecule has 10 nitrogen and oxygen atoms in total. The highest BCUT2D eigenvalue weighted by Gasteiger charge is 2.34. The maximum atomic E-state index is 13.1. The third kappa shape index (κ3) is 4.01. The zero-order valence-electron chi connectivity index (χ0n) is 16.8. The largest absolute Gasteiger partial charge is 0.465 e. The molecule has 1 amide bonds. The maximum absolute atomic E-state index is 13.1. The minimum absolute atomic E-state index is 0.00852. The molecule has 2 aromatic heterocycles. The molecule has 1 N–H and O–H groups in total. The molecule has 4 rings (SSSR count). The van der Waals surface area contributed by atoms with Crippen LogP contribution in [0.3, 0.4) is 0 Å². The van der Waals surface area contributed by atoms with Gasteiger partial charge in [-0.25, -0.2) is 18.2 Å². The Balaban J connectivity index is 1.45. The Bertz CT molecular complexity index is 1230. The van der Waals surface area contributed by atoms with Gasteiger partial charge in [0.2, 0.25) is 15.9 Å². The number of methoxy groups -OCH3 is 1. The standard InChI is InChI=1S/C20H21N5O5S/c1-30-20(27)15-4-2-3-5-16(15)31(28,29)24-12-8-14(9-13-24)19(26)23-18-6-10-21-17-7-11-22-25(17)18/h2-7,10-11,14H,8-9,12-13H2,1H3,(H,23,26). The smallest absolute Gasteiger partial charge is 0.339 e. The van der Waals surface area contributed by atoms with Crippen LogP contribution >= 0.6 is 0 Å². The molecule has 3 aromatic rings. The van der Waals surface area contributed by atoms with Crippen molar-refractivity contribution in [3.8, 4) is 0 Å². The van der Waals surface area contributed by atoms with Gasteiger partial charge < -0.3 is 10.1 Å². The van der Waals surface area contributed by atoms with Crippen LogP contribution in [0.15, 0.2) is 53.7 Å². The van der Waals surface area contributed by atoms with Gasteiger partial charge >= 0.3 is 5.97 Å². The van der Waals surface area contributed by atoms with Crippen molar-refractivity contribution in [2.24, 2.45) is 5.92 Å². The number of rotatable bonds is 5. The third-order valence-corrected chi connectivity index (χ3v) is 7.23. The molecule has 1 fully saturated rings. The number of amides is 1. The molecule has 1 aromatic carbocycles. The molecular formula is C20H21N5O5S. The molecule has 162 valence electrons. The van der Waals surface area contributed by atoms with Crippen LogP contribution < -0.4 is 5.32 Å². The van der Waals surface area contributed by atoms with Gasteiger partial charge in [0.05, 0.1) is 23.8 Å². The molecule has 1 saturated heterocycles. The molecule has 11 heteroatoms. The summed E-state index contributed by atoms with van der Waals surface area (Å²) in [5.41, 5.74) is 0.605. The van der Waals surface area contributed by atoms with E-state index < -0.39 is 16.0 Å². The number of hydrogen-bond acceptors (Lipinski definition) is 7. The molecule has 0 radical (unpaired) electrons. The fraction of sp³-hybridized carbons (Fsp3) is 0.300. The third-order valence-electron chi connectivity index (χ3n) is 5.28. The summed E-state index contributed by atoms with van der Waals surface area (Å²) in [7, 11) is -2.69. The van der Waals surface area contributed by atoms with E-state index >= 15 is 0 Å². The topological polar surface area (TPSA) is 123 Å². The highest BCUT2D eigenvalue weighted by Crippen LogP contribution is 2.27. The van der Waals surface area contributed by atoms with Gasteiger partial charge in [0.15, 0.2) is 5.65 Å². The van der Waals surface area contributed by atoms with Gasteiger partial charge in [-0.15, -0.1) is 0 Å². The van der Waals surface area contributed by atoms with E-state index in [0.717, 1.165) is 0 Å². The van der Waals surface area contributed by atoms with E-state index in [4.69, 9.17) is 4.74 Å². The van der Waals surface area contributed by atoms with E-state index in [1.807, 2.05) is 0 Å². The van der Waals surface area contributed by atoms with Crippen molar-refractivity contribution >= 4 is 33.4 Å². The number of carbonyl (C=O) groups is 2. The van der Waals surface area contributed by atoms with Crippen LogP contribution in [0.4, 0.5) is 5.82 Å². The number of nitrogens with zero attached hydrogens (tertiary/aromatic N) is 4. The fourth-order valence-electron chi connectivity index (χ4n) is 3.63. The van der Waals surface area contributed by atoms with E-state index in [1.54, 1.807) is 36.7 Å². The van der Waals surface area contributed by atoms with Crippen molar-refractivity contribution < 1.29 is 22.7 Å². The minimum Gasteiger partial charge on any atom is -0.465 e. The highest BCUT2D eigenvalue weighted by atomic mass is 32.2. The second-order valence-electron chi connectivity index (χ2n) is 7.09. The van der Waals surface area contributed by atoms with Gasteiger partial charge in [-0.2, -0.15) is 13.9 Å². The zero-order valence-corrected chi connectivity index (χ0v) is 17.6. The van der Waals surface area contributed by atoms with Gasteiger partial charge in [0.1, 0.15) is 5.82 Å². The molecule has 0 unspecified atom stereocenters. The predicted octanol–water partition coefficient (Wildman–Crippen LogP) is 1.56. The van der Waals surface area contributed by atoms with E-state index in [9.17, 15) is 18.0 Å². The number of esters is 1. The summed E-state index contributed by atoms with van der Waals surface area (Å²) >= 11 is 0. The minimum atomic E-state index is -3.90. The quantitative estimate of drug-likeness (QED) is 0.594. The lowest BCUT2D eigenvalue weighted by Gasteiger charge is -2.30. The molecule has 3 heterocycles. The Hall–Kier alpha value is -3.31. The zero-order chi connectivity index (χ0) is 22.0. The van der Waals surface area contributed by atoms with Crippen molar-refractivity contribution in [1.29, 1.82) is 0 Å². The van der Waals surface area contributed by atoms with Crippen molar-refractivity contribution in [3.05, 3.63) is 54.4 Å². The van der Waals surface area contributed by atoms with Crippen LogP contribution in [0, 0.1) is 5.92 Å². The van der Waals surface area contributed by atoms with Crippen LogP contribution in [0.25, 0.3) is 5.65 Å². The lowest BCUT2D eigenvalue weighted by Crippen LogP contribution is -2.41. The Morgan fingerprint density at radius 2 is 1.84 bits per heavy atom. The summed E-state index contributed by atoms with van der Waals surface area (Å²) in [5.74, 6) is -0.756. The van der Waals surface area contributed by atoms with Crippen molar-refractivity contribution in [2.75, 3.05) is 25.5 Å².